The van der Waals surface area contributed by atoms with Crippen LogP contribution in [0, 0.1) is 11.8 Å². The van der Waals surface area contributed by atoms with Crippen molar-refractivity contribution in [2.75, 3.05) is 19.6 Å². The Morgan fingerprint density at radius 3 is 2.11 bits per heavy atom. The first-order valence-electron chi connectivity index (χ1n) is 7.00. The molecule has 0 spiro atoms. The normalized spacial score (nSPS) is 24.2. The molecule has 110 valence electrons. The van der Waals surface area contributed by atoms with E-state index in [0.29, 0.717) is 18.4 Å². The van der Waals surface area contributed by atoms with E-state index >= 15 is 0 Å². The van der Waals surface area contributed by atoms with E-state index in [4.69, 9.17) is 0 Å². The van der Waals surface area contributed by atoms with Crippen molar-refractivity contribution < 1.29 is 14.7 Å². The fourth-order valence-electron chi connectivity index (χ4n) is 2.87. The van der Waals surface area contributed by atoms with Crippen LogP contribution in [0.1, 0.15) is 41.0 Å². The number of amides is 2. The lowest BCUT2D eigenvalue weighted by atomic mass is 9.92. The number of carboxylic acid groups (broad SMARTS) is 1. The van der Waals surface area contributed by atoms with Crippen LogP contribution >= 0.6 is 0 Å². The van der Waals surface area contributed by atoms with Crippen LogP contribution in [0.5, 0.6) is 0 Å². The highest BCUT2D eigenvalue weighted by atomic mass is 16.4. The third-order valence-corrected chi connectivity index (χ3v) is 3.88. The van der Waals surface area contributed by atoms with E-state index in [9.17, 15) is 14.7 Å². The zero-order valence-electron chi connectivity index (χ0n) is 12.6. The van der Waals surface area contributed by atoms with Crippen molar-refractivity contribution in [2.45, 2.75) is 46.6 Å². The van der Waals surface area contributed by atoms with E-state index < -0.39 is 11.5 Å². The van der Waals surface area contributed by atoms with Gasteiger partial charge in [-0.3, -0.25) is 0 Å². The maximum absolute atomic E-state index is 12.6. The van der Waals surface area contributed by atoms with Gasteiger partial charge >= 0.3 is 12.0 Å². The third-order valence-electron chi connectivity index (χ3n) is 3.88. The summed E-state index contributed by atoms with van der Waals surface area (Å²) in [6.07, 6.45) is 1.12. The Labute approximate surface area is 115 Å². The van der Waals surface area contributed by atoms with Crippen LogP contribution in [-0.2, 0) is 4.79 Å². The number of carbonyl (C=O) groups is 2. The van der Waals surface area contributed by atoms with Crippen LogP contribution in [0.2, 0.25) is 0 Å². The number of urea groups is 1. The molecule has 0 saturated carbocycles. The molecule has 1 aliphatic rings. The van der Waals surface area contributed by atoms with Crippen molar-refractivity contribution in [2.24, 2.45) is 11.8 Å². The average molecular weight is 270 g/mol. The number of hydrogen-bond donors (Lipinski definition) is 1. The number of nitrogens with zero attached hydrogens (tertiary/aromatic N) is 2. The van der Waals surface area contributed by atoms with E-state index in [0.717, 1.165) is 19.5 Å². The average Bonchev–Trinajstić information content (AvgIpc) is 2.27. The molecule has 2 atom stereocenters. The Balaban J connectivity index is 2.87. The highest BCUT2D eigenvalue weighted by Crippen LogP contribution is 2.24. The van der Waals surface area contributed by atoms with Gasteiger partial charge in [-0.2, -0.15) is 0 Å². The first kappa shape index (κ1) is 15.8. The molecule has 2 amide bonds. The summed E-state index contributed by atoms with van der Waals surface area (Å²) in [5.41, 5.74) is -1.17. The highest BCUT2D eigenvalue weighted by molar-refractivity contribution is 5.85. The summed E-state index contributed by atoms with van der Waals surface area (Å²) < 4.78 is 0. The van der Waals surface area contributed by atoms with Crippen molar-refractivity contribution in [1.82, 2.24) is 9.80 Å². The second kappa shape index (κ2) is 5.80. The maximum Gasteiger partial charge on any atom is 0.329 e. The topological polar surface area (TPSA) is 60.9 Å². The fraction of sp³-hybridized carbons (Fsp3) is 0.857. The summed E-state index contributed by atoms with van der Waals surface area (Å²) in [4.78, 5) is 27.1. The molecule has 0 aliphatic carbocycles. The number of rotatable bonds is 3. The Kier molecular flexibility index (Phi) is 4.82. The predicted molar refractivity (Wildman–Crippen MR) is 74.0 cm³/mol. The van der Waals surface area contributed by atoms with E-state index in [1.165, 1.54) is 4.90 Å². The second-order valence-electron chi connectivity index (χ2n) is 6.24. The van der Waals surface area contributed by atoms with Crippen LogP contribution in [0.25, 0.3) is 0 Å². The van der Waals surface area contributed by atoms with Crippen LogP contribution < -0.4 is 0 Å². The lowest BCUT2D eigenvalue weighted by Gasteiger charge is -2.42. The molecule has 0 bridgehead atoms. The number of aliphatic carboxylic acids is 1. The van der Waals surface area contributed by atoms with Gasteiger partial charge < -0.3 is 14.9 Å². The Bertz CT molecular complexity index is 345. The molecule has 2 unspecified atom stereocenters. The quantitative estimate of drug-likeness (QED) is 0.855. The molecule has 0 aromatic carbocycles. The molecule has 0 radical (unpaired) electrons. The SMILES string of the molecule is CCN(C(=O)N1CC(C)CC(C)C1)C(C)(C)C(=O)O. The van der Waals surface area contributed by atoms with E-state index in [2.05, 4.69) is 13.8 Å². The fourth-order valence-corrected chi connectivity index (χ4v) is 2.87. The monoisotopic (exact) mass is 270 g/mol. The van der Waals surface area contributed by atoms with Gasteiger partial charge in [0.15, 0.2) is 0 Å². The predicted octanol–water partition coefficient (Wildman–Crippen LogP) is 2.27. The zero-order valence-corrected chi connectivity index (χ0v) is 12.6. The molecular weight excluding hydrogens is 244 g/mol. The molecule has 1 fully saturated rings. The number of carbonyl (C=O) groups excluding carboxylic acids is 1. The lowest BCUT2D eigenvalue weighted by molar-refractivity contribution is -0.147. The molecule has 0 aromatic heterocycles. The Morgan fingerprint density at radius 2 is 1.74 bits per heavy atom. The van der Waals surface area contributed by atoms with Gasteiger partial charge in [0, 0.05) is 19.6 Å². The number of likely N-dealkylation sites (tertiary alicyclic amines) is 1. The lowest BCUT2D eigenvalue weighted by Crippen LogP contribution is -2.58. The molecule has 1 saturated heterocycles. The minimum Gasteiger partial charge on any atom is -0.480 e. The van der Waals surface area contributed by atoms with Crippen LogP contribution in [-0.4, -0.2) is 52.1 Å². The molecule has 1 N–H and O–H groups in total. The van der Waals surface area contributed by atoms with Crippen LogP contribution in [0.15, 0.2) is 0 Å². The first-order valence-corrected chi connectivity index (χ1v) is 7.00. The second-order valence-corrected chi connectivity index (χ2v) is 6.24. The smallest absolute Gasteiger partial charge is 0.329 e. The summed E-state index contributed by atoms with van der Waals surface area (Å²) in [6.45, 7) is 11.1. The van der Waals surface area contributed by atoms with Gasteiger partial charge in [0.1, 0.15) is 5.54 Å². The summed E-state index contributed by atoms with van der Waals surface area (Å²) in [5, 5.41) is 9.28. The van der Waals surface area contributed by atoms with Crippen molar-refractivity contribution in [1.29, 1.82) is 0 Å². The molecule has 5 nitrogen and oxygen atoms in total. The van der Waals surface area contributed by atoms with Crippen LogP contribution in [0.3, 0.4) is 0 Å². The molecule has 5 heteroatoms. The molecular formula is C14H26N2O3. The number of hydrogen-bond acceptors (Lipinski definition) is 2. The van der Waals surface area contributed by atoms with Gasteiger partial charge in [0.05, 0.1) is 0 Å². The van der Waals surface area contributed by atoms with Gasteiger partial charge in [0.25, 0.3) is 0 Å². The minimum absolute atomic E-state index is 0.159. The Morgan fingerprint density at radius 1 is 1.26 bits per heavy atom. The molecule has 19 heavy (non-hydrogen) atoms. The molecule has 1 heterocycles. The van der Waals surface area contributed by atoms with Crippen molar-refractivity contribution in [3.63, 3.8) is 0 Å². The van der Waals surface area contributed by atoms with Gasteiger partial charge in [0.2, 0.25) is 0 Å². The maximum atomic E-state index is 12.6. The summed E-state index contributed by atoms with van der Waals surface area (Å²) in [6, 6.07) is -0.159. The van der Waals surface area contributed by atoms with E-state index in [1.807, 2.05) is 6.92 Å². The van der Waals surface area contributed by atoms with Crippen molar-refractivity contribution in [3.05, 3.63) is 0 Å². The van der Waals surface area contributed by atoms with Crippen molar-refractivity contribution >= 4 is 12.0 Å². The third kappa shape index (κ3) is 3.39. The summed E-state index contributed by atoms with van der Waals surface area (Å²) in [7, 11) is 0. The molecule has 1 rings (SSSR count). The van der Waals surface area contributed by atoms with Gasteiger partial charge in [-0.15, -0.1) is 0 Å². The van der Waals surface area contributed by atoms with Crippen LogP contribution in [0.4, 0.5) is 4.79 Å². The van der Waals surface area contributed by atoms with Gasteiger partial charge in [-0.25, -0.2) is 9.59 Å². The standard InChI is InChI=1S/C14H26N2O3/c1-6-16(14(4,5)12(17)18)13(19)15-8-10(2)7-11(3)9-15/h10-11H,6-9H2,1-5H3,(H,17,18). The van der Waals surface area contributed by atoms with E-state index in [-0.39, 0.29) is 6.03 Å². The van der Waals surface area contributed by atoms with Crippen molar-refractivity contribution in [3.8, 4) is 0 Å². The molecule has 0 aromatic rings. The highest BCUT2D eigenvalue weighted by Gasteiger charge is 2.39. The number of piperidine rings is 1. The minimum atomic E-state index is -1.17. The van der Waals surface area contributed by atoms with Gasteiger partial charge in [-0.05, 0) is 39.0 Å². The first-order chi connectivity index (χ1) is 8.70. The summed E-state index contributed by atoms with van der Waals surface area (Å²) in [5.74, 6) is -0.0282. The summed E-state index contributed by atoms with van der Waals surface area (Å²) >= 11 is 0. The van der Waals surface area contributed by atoms with E-state index in [1.54, 1.807) is 18.7 Å². The number of carboxylic acids is 1. The Hall–Kier alpha value is -1.26. The number of likely N-dealkylation sites (N-methyl/N-ethyl adjacent to an activating group) is 1. The zero-order chi connectivity index (χ0) is 14.8. The molecule has 1 aliphatic heterocycles. The largest absolute Gasteiger partial charge is 0.480 e. The van der Waals surface area contributed by atoms with Gasteiger partial charge in [-0.1, -0.05) is 13.8 Å².